The lowest BCUT2D eigenvalue weighted by Gasteiger charge is -2.06. The van der Waals surface area contributed by atoms with Crippen molar-refractivity contribution in [3.05, 3.63) is 45.9 Å². The van der Waals surface area contributed by atoms with Gasteiger partial charge in [-0.05, 0) is 13.0 Å². The van der Waals surface area contributed by atoms with Crippen molar-refractivity contribution < 1.29 is 4.74 Å². The number of methoxy groups -OCH3 is 1. The van der Waals surface area contributed by atoms with E-state index in [4.69, 9.17) is 10.5 Å². The predicted molar refractivity (Wildman–Crippen MR) is 70.5 cm³/mol. The Labute approximate surface area is 105 Å². The fourth-order valence-electron chi connectivity index (χ4n) is 1.63. The van der Waals surface area contributed by atoms with Crippen molar-refractivity contribution in [3.8, 4) is 5.75 Å². The molecule has 1 unspecified atom stereocenters. The van der Waals surface area contributed by atoms with Crippen LogP contribution in [0, 0.1) is 0 Å². The molecule has 2 rings (SSSR count). The number of nitrogens with zero attached hydrogens (tertiary/aromatic N) is 1. The highest BCUT2D eigenvalue weighted by atomic mass is 32.1. The van der Waals surface area contributed by atoms with E-state index < -0.39 is 0 Å². The van der Waals surface area contributed by atoms with E-state index in [1.807, 2.05) is 30.5 Å². The van der Waals surface area contributed by atoms with Crippen molar-refractivity contribution in [2.24, 2.45) is 5.73 Å². The summed E-state index contributed by atoms with van der Waals surface area (Å²) in [6, 6.07) is 8.01. The van der Waals surface area contributed by atoms with Crippen LogP contribution in [0.5, 0.6) is 5.75 Å². The van der Waals surface area contributed by atoms with Crippen molar-refractivity contribution in [1.82, 2.24) is 4.98 Å². The first-order chi connectivity index (χ1) is 8.20. The molecule has 1 heterocycles. The average molecular weight is 248 g/mol. The van der Waals surface area contributed by atoms with Gasteiger partial charge < -0.3 is 10.5 Å². The molecule has 90 valence electrons. The molecule has 2 N–H and O–H groups in total. The Morgan fingerprint density at radius 2 is 2.18 bits per heavy atom. The summed E-state index contributed by atoms with van der Waals surface area (Å²) in [6.45, 7) is 1.95. The number of benzene rings is 1. The molecular formula is C13H16N2OS. The van der Waals surface area contributed by atoms with Gasteiger partial charge in [-0.2, -0.15) is 0 Å². The normalized spacial score (nSPS) is 12.4. The Kier molecular flexibility index (Phi) is 3.76. The van der Waals surface area contributed by atoms with E-state index in [1.165, 1.54) is 0 Å². The van der Waals surface area contributed by atoms with E-state index in [-0.39, 0.29) is 6.04 Å². The summed E-state index contributed by atoms with van der Waals surface area (Å²) in [5.41, 5.74) is 7.91. The maximum atomic E-state index is 5.80. The molecule has 2 aromatic rings. The SMILES string of the molecule is COc1ccccc1Cc1nc(C(C)N)cs1. The standard InChI is InChI=1S/C13H16N2OS/c1-9(14)11-8-17-13(15-11)7-10-5-3-4-6-12(10)16-2/h3-6,8-9H,7,14H2,1-2H3. The van der Waals surface area contributed by atoms with Crippen LogP contribution in [0.15, 0.2) is 29.6 Å². The summed E-state index contributed by atoms with van der Waals surface area (Å²) in [5, 5.41) is 3.09. The molecule has 0 amide bonds. The van der Waals surface area contributed by atoms with E-state index in [9.17, 15) is 0 Å². The number of thiazole rings is 1. The molecule has 1 aromatic carbocycles. The minimum absolute atomic E-state index is 0.00216. The lowest BCUT2D eigenvalue weighted by atomic mass is 10.1. The molecule has 3 nitrogen and oxygen atoms in total. The zero-order valence-electron chi connectivity index (χ0n) is 10.0. The lowest BCUT2D eigenvalue weighted by Crippen LogP contribution is -2.05. The van der Waals surface area contributed by atoms with Crippen LogP contribution in [0.4, 0.5) is 0 Å². The van der Waals surface area contributed by atoms with Crippen LogP contribution >= 0.6 is 11.3 Å². The second-order valence-electron chi connectivity index (χ2n) is 3.94. The van der Waals surface area contributed by atoms with Crippen molar-refractivity contribution >= 4 is 11.3 Å². The Morgan fingerprint density at radius 3 is 2.82 bits per heavy atom. The second kappa shape index (κ2) is 5.29. The van der Waals surface area contributed by atoms with Crippen LogP contribution in [-0.4, -0.2) is 12.1 Å². The van der Waals surface area contributed by atoms with Crippen LogP contribution in [0.25, 0.3) is 0 Å². The molecule has 1 atom stereocenters. The summed E-state index contributed by atoms with van der Waals surface area (Å²) >= 11 is 1.65. The second-order valence-corrected chi connectivity index (χ2v) is 4.89. The zero-order chi connectivity index (χ0) is 12.3. The third kappa shape index (κ3) is 2.84. The smallest absolute Gasteiger partial charge is 0.122 e. The highest BCUT2D eigenvalue weighted by Gasteiger charge is 2.08. The summed E-state index contributed by atoms with van der Waals surface area (Å²) < 4.78 is 5.32. The largest absolute Gasteiger partial charge is 0.496 e. The first kappa shape index (κ1) is 12.1. The molecule has 0 fully saturated rings. The molecule has 0 bridgehead atoms. The Bertz CT molecular complexity index is 494. The molecule has 0 aliphatic carbocycles. The molecule has 17 heavy (non-hydrogen) atoms. The number of hydrogen-bond donors (Lipinski definition) is 1. The van der Waals surface area contributed by atoms with E-state index >= 15 is 0 Å². The maximum absolute atomic E-state index is 5.80. The molecule has 0 aliphatic rings. The van der Waals surface area contributed by atoms with Crippen molar-refractivity contribution in [3.63, 3.8) is 0 Å². The van der Waals surface area contributed by atoms with Gasteiger partial charge in [-0.3, -0.25) is 0 Å². The summed E-state index contributed by atoms with van der Waals surface area (Å²) in [4.78, 5) is 4.52. The molecule has 4 heteroatoms. The van der Waals surface area contributed by atoms with E-state index in [1.54, 1.807) is 18.4 Å². The quantitative estimate of drug-likeness (QED) is 0.905. The fourth-order valence-corrected chi connectivity index (χ4v) is 2.55. The third-order valence-electron chi connectivity index (χ3n) is 2.57. The highest BCUT2D eigenvalue weighted by Crippen LogP contribution is 2.23. The number of rotatable bonds is 4. The van der Waals surface area contributed by atoms with E-state index in [2.05, 4.69) is 11.1 Å². The molecule has 0 aliphatic heterocycles. The van der Waals surface area contributed by atoms with Gasteiger partial charge in [-0.15, -0.1) is 11.3 Å². The van der Waals surface area contributed by atoms with Crippen molar-refractivity contribution in [2.45, 2.75) is 19.4 Å². The Hall–Kier alpha value is -1.39. The van der Waals surface area contributed by atoms with Gasteiger partial charge in [0.15, 0.2) is 0 Å². The summed E-state index contributed by atoms with van der Waals surface area (Å²) in [5.74, 6) is 0.907. The summed E-state index contributed by atoms with van der Waals surface area (Å²) in [6.07, 6.45) is 0.793. The van der Waals surface area contributed by atoms with Crippen LogP contribution in [0.3, 0.4) is 0 Å². The van der Waals surface area contributed by atoms with Crippen LogP contribution in [-0.2, 0) is 6.42 Å². The molecule has 0 saturated carbocycles. The van der Waals surface area contributed by atoms with E-state index in [0.717, 1.165) is 28.4 Å². The number of para-hydroxylation sites is 1. The first-order valence-corrected chi connectivity index (χ1v) is 6.40. The van der Waals surface area contributed by atoms with Gasteiger partial charge in [0.25, 0.3) is 0 Å². The van der Waals surface area contributed by atoms with Crippen molar-refractivity contribution in [2.75, 3.05) is 7.11 Å². The minimum atomic E-state index is -0.00216. The molecule has 1 aromatic heterocycles. The Morgan fingerprint density at radius 1 is 1.41 bits per heavy atom. The lowest BCUT2D eigenvalue weighted by molar-refractivity contribution is 0.410. The molecule has 0 saturated heterocycles. The topological polar surface area (TPSA) is 48.1 Å². The maximum Gasteiger partial charge on any atom is 0.122 e. The average Bonchev–Trinajstić information content (AvgIpc) is 2.78. The fraction of sp³-hybridized carbons (Fsp3) is 0.308. The molecular weight excluding hydrogens is 232 g/mol. The third-order valence-corrected chi connectivity index (χ3v) is 3.44. The van der Waals surface area contributed by atoms with Gasteiger partial charge in [0.2, 0.25) is 0 Å². The van der Waals surface area contributed by atoms with Gasteiger partial charge in [0.05, 0.1) is 17.8 Å². The van der Waals surface area contributed by atoms with Crippen molar-refractivity contribution in [1.29, 1.82) is 0 Å². The van der Waals surface area contributed by atoms with Crippen LogP contribution in [0.2, 0.25) is 0 Å². The highest BCUT2D eigenvalue weighted by molar-refractivity contribution is 7.09. The van der Waals surface area contributed by atoms with E-state index in [0.29, 0.717) is 0 Å². The van der Waals surface area contributed by atoms with Crippen LogP contribution in [0.1, 0.15) is 29.2 Å². The van der Waals surface area contributed by atoms with Crippen LogP contribution < -0.4 is 10.5 Å². The minimum Gasteiger partial charge on any atom is -0.496 e. The zero-order valence-corrected chi connectivity index (χ0v) is 10.8. The predicted octanol–water partition coefficient (Wildman–Crippen LogP) is 2.76. The van der Waals surface area contributed by atoms with Gasteiger partial charge in [0, 0.05) is 23.4 Å². The van der Waals surface area contributed by atoms with Gasteiger partial charge in [-0.25, -0.2) is 4.98 Å². The Balaban J connectivity index is 2.19. The van der Waals surface area contributed by atoms with Gasteiger partial charge >= 0.3 is 0 Å². The number of hydrogen-bond acceptors (Lipinski definition) is 4. The molecule has 0 spiro atoms. The number of aromatic nitrogens is 1. The number of nitrogens with two attached hydrogens (primary N) is 1. The summed E-state index contributed by atoms with van der Waals surface area (Å²) in [7, 11) is 1.69. The van der Waals surface area contributed by atoms with Gasteiger partial charge in [0.1, 0.15) is 5.75 Å². The molecule has 0 radical (unpaired) electrons. The number of ether oxygens (including phenoxy) is 1. The first-order valence-electron chi connectivity index (χ1n) is 5.52. The monoisotopic (exact) mass is 248 g/mol. The van der Waals surface area contributed by atoms with Gasteiger partial charge in [-0.1, -0.05) is 18.2 Å².